The largest absolute Gasteiger partial charge is 0.394 e. The van der Waals surface area contributed by atoms with Crippen LogP contribution in [0.1, 0.15) is 112 Å². The van der Waals surface area contributed by atoms with Crippen LogP contribution >= 0.6 is 0 Å². The number of fused-ring (bicyclic) bond motifs is 5. The van der Waals surface area contributed by atoms with Crippen molar-refractivity contribution in [3.05, 3.63) is 11.6 Å². The molecule has 0 aromatic carbocycles. The Kier molecular flexibility index (Phi) is 8.74. The van der Waals surface area contributed by atoms with E-state index in [9.17, 15) is 4.79 Å². The second-order valence-corrected chi connectivity index (χ2v) is 13.6. The third kappa shape index (κ3) is 5.69. The van der Waals surface area contributed by atoms with Gasteiger partial charge in [-0.25, -0.2) is 0 Å². The van der Waals surface area contributed by atoms with Gasteiger partial charge in [0.25, 0.3) is 0 Å². The van der Waals surface area contributed by atoms with Gasteiger partial charge in [-0.05, 0) is 105 Å². The maximum atomic E-state index is 12.1. The molecule has 1 amide bonds. The molecule has 4 heteroatoms. The van der Waals surface area contributed by atoms with Gasteiger partial charge in [-0.1, -0.05) is 58.6 Å². The lowest BCUT2D eigenvalue weighted by atomic mass is 9.47. The molecule has 3 saturated carbocycles. The predicted molar refractivity (Wildman–Crippen MR) is 143 cm³/mol. The summed E-state index contributed by atoms with van der Waals surface area (Å²) in [6.07, 6.45) is 18.7. The van der Waals surface area contributed by atoms with E-state index in [4.69, 9.17) is 9.84 Å². The molecule has 4 rings (SSSR count). The summed E-state index contributed by atoms with van der Waals surface area (Å²) in [4.78, 5) is 12.1. The number of aliphatic hydroxyl groups excluding tert-OH is 1. The number of unbranched alkanes of at least 4 members (excludes halogenated alkanes) is 1. The molecule has 0 aromatic heterocycles. The molecule has 0 radical (unpaired) electrons. The van der Waals surface area contributed by atoms with Crippen LogP contribution in [0.4, 0.5) is 0 Å². The Morgan fingerprint density at radius 2 is 1.91 bits per heavy atom. The first-order valence-electron chi connectivity index (χ1n) is 14.9. The van der Waals surface area contributed by atoms with E-state index < -0.39 is 0 Å². The molecule has 0 saturated heterocycles. The predicted octanol–water partition coefficient (Wildman–Crippen LogP) is 6.66. The molecule has 0 spiro atoms. The number of nitrogens with one attached hydrogen (secondary N) is 1. The second kappa shape index (κ2) is 11.3. The molecule has 0 aromatic rings. The molecule has 200 valence electrons. The number of hydrogen-bond acceptors (Lipinski definition) is 3. The van der Waals surface area contributed by atoms with Crippen molar-refractivity contribution in [3.63, 3.8) is 0 Å². The van der Waals surface area contributed by atoms with Crippen molar-refractivity contribution in [2.75, 3.05) is 13.2 Å². The normalized spacial score (nSPS) is 39.4. The van der Waals surface area contributed by atoms with E-state index in [1.165, 1.54) is 64.2 Å². The molecule has 4 nitrogen and oxygen atoms in total. The fourth-order valence-corrected chi connectivity index (χ4v) is 8.85. The molecule has 8 atom stereocenters. The lowest BCUT2D eigenvalue weighted by Gasteiger charge is -2.58. The van der Waals surface area contributed by atoms with Crippen LogP contribution in [0.3, 0.4) is 0 Å². The Labute approximate surface area is 215 Å². The van der Waals surface area contributed by atoms with Gasteiger partial charge in [-0.2, -0.15) is 0 Å². The first-order valence-corrected chi connectivity index (χ1v) is 14.9. The van der Waals surface area contributed by atoms with Gasteiger partial charge < -0.3 is 15.2 Å². The van der Waals surface area contributed by atoms with Crippen LogP contribution in [0, 0.1) is 40.4 Å². The van der Waals surface area contributed by atoms with Crippen LogP contribution in [0.25, 0.3) is 0 Å². The van der Waals surface area contributed by atoms with Crippen molar-refractivity contribution >= 4 is 5.91 Å². The van der Waals surface area contributed by atoms with Gasteiger partial charge in [0.15, 0.2) is 0 Å². The molecule has 4 aliphatic rings. The van der Waals surface area contributed by atoms with E-state index in [2.05, 4.69) is 39.1 Å². The molecule has 4 aliphatic carbocycles. The maximum Gasteiger partial charge on any atom is 0.246 e. The van der Waals surface area contributed by atoms with Gasteiger partial charge in [0.05, 0.1) is 12.7 Å². The fraction of sp³-hybridized carbons (Fsp3) is 0.903. The molecule has 35 heavy (non-hydrogen) atoms. The number of rotatable bonds is 10. The van der Waals surface area contributed by atoms with Crippen LogP contribution in [-0.2, 0) is 9.53 Å². The van der Waals surface area contributed by atoms with Crippen molar-refractivity contribution in [2.24, 2.45) is 40.4 Å². The minimum absolute atomic E-state index is 0.0398. The molecule has 2 N–H and O–H groups in total. The average Bonchev–Trinajstić information content (AvgIpc) is 3.16. The summed E-state index contributed by atoms with van der Waals surface area (Å²) in [6.45, 7) is 11.8. The second-order valence-electron chi connectivity index (χ2n) is 13.6. The van der Waals surface area contributed by atoms with Crippen LogP contribution in [0.15, 0.2) is 11.6 Å². The minimum Gasteiger partial charge on any atom is -0.394 e. The maximum absolute atomic E-state index is 12.1. The van der Waals surface area contributed by atoms with Crippen LogP contribution in [0.5, 0.6) is 0 Å². The Bertz CT molecular complexity index is 762. The summed E-state index contributed by atoms with van der Waals surface area (Å²) in [5, 5.41) is 11.9. The molecule has 0 bridgehead atoms. The van der Waals surface area contributed by atoms with Crippen molar-refractivity contribution in [1.29, 1.82) is 0 Å². The highest BCUT2D eigenvalue weighted by molar-refractivity contribution is 5.77. The lowest BCUT2D eigenvalue weighted by molar-refractivity contribution is -0.129. The first-order chi connectivity index (χ1) is 16.7. The Balaban J connectivity index is 1.35. The van der Waals surface area contributed by atoms with Crippen molar-refractivity contribution < 1.29 is 14.6 Å². The van der Waals surface area contributed by atoms with Crippen LogP contribution in [0.2, 0.25) is 0 Å². The van der Waals surface area contributed by atoms with Gasteiger partial charge in [-0.15, -0.1) is 0 Å². The molecule has 0 aliphatic heterocycles. The summed E-state index contributed by atoms with van der Waals surface area (Å²) in [5.41, 5.74) is 2.51. The third-order valence-corrected chi connectivity index (χ3v) is 11.0. The van der Waals surface area contributed by atoms with Gasteiger partial charge in [0, 0.05) is 6.04 Å². The Morgan fingerprint density at radius 3 is 2.66 bits per heavy atom. The number of hydrogen-bond donors (Lipinski definition) is 2. The summed E-state index contributed by atoms with van der Waals surface area (Å²) in [7, 11) is 0. The van der Waals surface area contributed by atoms with Crippen molar-refractivity contribution in [2.45, 2.75) is 124 Å². The summed E-state index contributed by atoms with van der Waals surface area (Å²) in [5.74, 6) is 4.28. The summed E-state index contributed by atoms with van der Waals surface area (Å²) in [6, 6.07) is -0.217. The van der Waals surface area contributed by atoms with Crippen LogP contribution < -0.4 is 5.32 Å². The zero-order valence-electron chi connectivity index (χ0n) is 23.3. The highest BCUT2D eigenvalue weighted by Gasteiger charge is 2.58. The third-order valence-electron chi connectivity index (χ3n) is 11.0. The van der Waals surface area contributed by atoms with Crippen molar-refractivity contribution in [1.82, 2.24) is 5.32 Å². The zero-order valence-corrected chi connectivity index (χ0v) is 23.3. The van der Waals surface area contributed by atoms with E-state index in [1.54, 1.807) is 5.57 Å². The monoisotopic (exact) mass is 487 g/mol. The van der Waals surface area contributed by atoms with Gasteiger partial charge in [0.2, 0.25) is 5.91 Å². The standard InChI is InChI=1S/C31H53NO3/c1-21(2)8-6-7-9-23-11-13-27-26-12-10-24-18-25(35-20-29(34)32-22(3)19-33)14-16-31(24,5)28(26)15-17-30(23,27)4/h10,21-23,25-28,33H,6-9,11-20H2,1-5H3,(H,32,34). The van der Waals surface area contributed by atoms with E-state index in [-0.39, 0.29) is 31.3 Å². The number of aliphatic hydroxyl groups is 1. The highest BCUT2D eigenvalue weighted by Crippen LogP contribution is 2.66. The number of allylic oxidation sites excluding steroid dienone is 1. The van der Waals surface area contributed by atoms with E-state index >= 15 is 0 Å². The number of carbonyl (C=O) groups excluding carboxylic acids is 1. The SMILES string of the molecule is CC(C)CCCCC1CCC2C3CC=C4CC(OCC(=O)NC(C)CO)CCC4(C)C3CCC12C. The Hall–Kier alpha value is -0.870. The number of ether oxygens (including phenoxy) is 1. The minimum atomic E-state index is -0.217. The molecular formula is C31H53NO3. The molecule has 0 heterocycles. The number of amides is 1. The van der Waals surface area contributed by atoms with E-state index in [0.717, 1.165) is 42.4 Å². The van der Waals surface area contributed by atoms with E-state index in [1.807, 2.05) is 6.92 Å². The fourth-order valence-electron chi connectivity index (χ4n) is 8.85. The average molecular weight is 488 g/mol. The highest BCUT2D eigenvalue weighted by atomic mass is 16.5. The van der Waals surface area contributed by atoms with Gasteiger partial charge in [0.1, 0.15) is 6.61 Å². The van der Waals surface area contributed by atoms with Crippen LogP contribution in [-0.4, -0.2) is 36.4 Å². The molecule has 3 fully saturated rings. The summed E-state index contributed by atoms with van der Waals surface area (Å²) >= 11 is 0. The smallest absolute Gasteiger partial charge is 0.246 e. The zero-order chi connectivity index (χ0) is 25.2. The lowest BCUT2D eigenvalue weighted by Crippen LogP contribution is -2.50. The van der Waals surface area contributed by atoms with Gasteiger partial charge >= 0.3 is 0 Å². The van der Waals surface area contributed by atoms with Crippen molar-refractivity contribution in [3.8, 4) is 0 Å². The Morgan fingerprint density at radius 1 is 1.11 bits per heavy atom. The van der Waals surface area contributed by atoms with Gasteiger partial charge in [-0.3, -0.25) is 4.79 Å². The number of carbonyl (C=O) groups is 1. The van der Waals surface area contributed by atoms with E-state index in [0.29, 0.717) is 10.8 Å². The first kappa shape index (κ1) is 27.2. The summed E-state index contributed by atoms with van der Waals surface area (Å²) < 4.78 is 6.05. The molecule has 8 unspecified atom stereocenters. The topological polar surface area (TPSA) is 58.6 Å². The molecular weight excluding hydrogens is 434 g/mol. The quantitative estimate of drug-likeness (QED) is 0.267.